The average Bonchev–Trinajstić information content (AvgIpc) is 2.19. The number of phenols is 1. The molecule has 15 heavy (non-hydrogen) atoms. The van der Waals surface area contributed by atoms with Crippen molar-refractivity contribution < 1.29 is 19.7 Å². The summed E-state index contributed by atoms with van der Waals surface area (Å²) in [7, 11) is 1.52. The van der Waals surface area contributed by atoms with Gasteiger partial charge >= 0.3 is 5.97 Å². The number of aryl methyl sites for hydroxylation is 1. The maximum Gasteiger partial charge on any atom is 0.303 e. The molecule has 4 nitrogen and oxygen atoms in total. The van der Waals surface area contributed by atoms with Crippen LogP contribution in [0.1, 0.15) is 17.5 Å². The predicted octanol–water partition coefficient (Wildman–Crippen LogP) is 1.73. The number of carboxylic acids is 1. The van der Waals surface area contributed by atoms with Crippen molar-refractivity contribution >= 4 is 5.97 Å². The van der Waals surface area contributed by atoms with Gasteiger partial charge in [-0.25, -0.2) is 0 Å². The van der Waals surface area contributed by atoms with Crippen LogP contribution in [0, 0.1) is 6.92 Å². The highest BCUT2D eigenvalue weighted by Crippen LogP contribution is 2.28. The summed E-state index contributed by atoms with van der Waals surface area (Å²) in [5.74, 6) is -0.140. The maximum atomic E-state index is 10.4. The van der Waals surface area contributed by atoms with E-state index in [9.17, 15) is 9.90 Å². The van der Waals surface area contributed by atoms with Gasteiger partial charge in [0.2, 0.25) is 0 Å². The highest BCUT2D eigenvalue weighted by Gasteiger charge is 2.07. The third-order valence-corrected chi connectivity index (χ3v) is 2.24. The van der Waals surface area contributed by atoms with Crippen LogP contribution < -0.4 is 4.74 Å². The Morgan fingerprint density at radius 1 is 1.47 bits per heavy atom. The summed E-state index contributed by atoms with van der Waals surface area (Å²) >= 11 is 0. The van der Waals surface area contributed by atoms with Gasteiger partial charge in [0.05, 0.1) is 7.11 Å². The molecule has 0 saturated carbocycles. The van der Waals surface area contributed by atoms with Crippen LogP contribution in [-0.2, 0) is 11.2 Å². The molecule has 2 N–H and O–H groups in total. The molecule has 1 aromatic carbocycles. The van der Waals surface area contributed by atoms with Gasteiger partial charge in [0.15, 0.2) is 0 Å². The van der Waals surface area contributed by atoms with Crippen molar-refractivity contribution in [1.82, 2.24) is 0 Å². The Balaban J connectivity index is 2.90. The van der Waals surface area contributed by atoms with Crippen molar-refractivity contribution in [2.24, 2.45) is 0 Å². The van der Waals surface area contributed by atoms with Gasteiger partial charge in [-0.2, -0.15) is 0 Å². The van der Waals surface area contributed by atoms with Gasteiger partial charge in [-0.15, -0.1) is 0 Å². The predicted molar refractivity (Wildman–Crippen MR) is 55.4 cm³/mol. The minimum absolute atomic E-state index is 0.0473. The Bertz CT molecular complexity index is 371. The van der Waals surface area contributed by atoms with Crippen LogP contribution in [0.25, 0.3) is 0 Å². The lowest BCUT2D eigenvalue weighted by Gasteiger charge is -2.09. The van der Waals surface area contributed by atoms with E-state index in [0.717, 1.165) is 5.56 Å². The van der Waals surface area contributed by atoms with E-state index in [4.69, 9.17) is 9.84 Å². The Morgan fingerprint density at radius 3 is 2.67 bits per heavy atom. The fourth-order valence-electron chi connectivity index (χ4n) is 1.34. The molecule has 0 bridgehead atoms. The van der Waals surface area contributed by atoms with Crippen LogP contribution in [0.2, 0.25) is 0 Å². The quantitative estimate of drug-likeness (QED) is 0.794. The lowest BCUT2D eigenvalue weighted by molar-refractivity contribution is -0.136. The molecule has 0 radical (unpaired) electrons. The second-order valence-electron chi connectivity index (χ2n) is 3.34. The van der Waals surface area contributed by atoms with Gasteiger partial charge in [-0.1, -0.05) is 0 Å². The van der Waals surface area contributed by atoms with E-state index >= 15 is 0 Å². The second-order valence-corrected chi connectivity index (χ2v) is 3.34. The van der Waals surface area contributed by atoms with Crippen molar-refractivity contribution in [2.75, 3.05) is 7.11 Å². The zero-order valence-electron chi connectivity index (χ0n) is 8.78. The number of carbonyl (C=O) groups is 1. The van der Waals surface area contributed by atoms with Crippen molar-refractivity contribution in [1.29, 1.82) is 0 Å². The maximum absolute atomic E-state index is 10.4. The van der Waals surface area contributed by atoms with Crippen molar-refractivity contribution in [2.45, 2.75) is 19.8 Å². The molecule has 0 saturated heterocycles. The molecular formula is C11H14O4. The molecule has 0 atom stereocenters. The fourth-order valence-corrected chi connectivity index (χ4v) is 1.34. The van der Waals surface area contributed by atoms with Crippen LogP contribution in [0.15, 0.2) is 12.1 Å². The first kappa shape index (κ1) is 11.4. The molecule has 0 amide bonds. The van der Waals surface area contributed by atoms with Gasteiger partial charge in [0, 0.05) is 12.0 Å². The number of carboxylic acid groups (broad SMARTS) is 1. The zero-order valence-corrected chi connectivity index (χ0v) is 8.78. The van der Waals surface area contributed by atoms with Gasteiger partial charge in [0.1, 0.15) is 11.5 Å². The van der Waals surface area contributed by atoms with E-state index in [-0.39, 0.29) is 12.2 Å². The first-order chi connectivity index (χ1) is 7.04. The molecule has 82 valence electrons. The SMILES string of the molecule is COc1cc(CCC(=O)O)cc(O)c1C. The molecule has 0 aliphatic rings. The number of hydrogen-bond acceptors (Lipinski definition) is 3. The topological polar surface area (TPSA) is 66.8 Å². The summed E-state index contributed by atoms with van der Waals surface area (Å²) < 4.78 is 5.07. The number of rotatable bonds is 4. The highest BCUT2D eigenvalue weighted by molar-refractivity contribution is 5.67. The fraction of sp³-hybridized carbons (Fsp3) is 0.364. The molecule has 4 heteroatoms. The van der Waals surface area contributed by atoms with E-state index in [1.54, 1.807) is 19.1 Å². The summed E-state index contributed by atoms with van der Waals surface area (Å²) in [6.45, 7) is 1.75. The molecule has 1 rings (SSSR count). The third-order valence-electron chi connectivity index (χ3n) is 2.24. The average molecular weight is 210 g/mol. The first-order valence-corrected chi connectivity index (χ1v) is 4.63. The third kappa shape index (κ3) is 2.87. The summed E-state index contributed by atoms with van der Waals surface area (Å²) in [6.07, 6.45) is 0.436. The number of phenolic OH excluding ortho intramolecular Hbond substituents is 1. The van der Waals surface area contributed by atoms with Crippen LogP contribution in [0.3, 0.4) is 0 Å². The van der Waals surface area contributed by atoms with Crippen LogP contribution in [0.5, 0.6) is 11.5 Å². The van der Waals surface area contributed by atoms with E-state index in [2.05, 4.69) is 0 Å². The lowest BCUT2D eigenvalue weighted by atomic mass is 10.1. The monoisotopic (exact) mass is 210 g/mol. The van der Waals surface area contributed by atoms with Gasteiger partial charge < -0.3 is 14.9 Å². The summed E-state index contributed by atoms with van der Waals surface area (Å²) in [4.78, 5) is 10.4. The normalized spacial score (nSPS) is 10.0. The minimum atomic E-state index is -0.853. The largest absolute Gasteiger partial charge is 0.508 e. The van der Waals surface area contributed by atoms with Crippen molar-refractivity contribution in [3.63, 3.8) is 0 Å². The van der Waals surface area contributed by atoms with E-state index in [1.807, 2.05) is 0 Å². The molecule has 0 aromatic heterocycles. The Kier molecular flexibility index (Phi) is 3.55. The number of aromatic hydroxyl groups is 1. The summed E-state index contributed by atoms with van der Waals surface area (Å²) in [5.41, 5.74) is 1.42. The number of hydrogen-bond donors (Lipinski definition) is 2. The molecule has 0 aliphatic heterocycles. The van der Waals surface area contributed by atoms with Crippen molar-refractivity contribution in [3.05, 3.63) is 23.3 Å². The molecule has 0 fully saturated rings. The standard InChI is InChI=1S/C11H14O4/c1-7-9(12)5-8(3-4-11(13)14)6-10(7)15-2/h5-6,12H,3-4H2,1-2H3,(H,13,14). The molecule has 0 unspecified atom stereocenters. The molecule has 0 heterocycles. The second kappa shape index (κ2) is 4.68. The Morgan fingerprint density at radius 2 is 2.13 bits per heavy atom. The van der Waals surface area contributed by atoms with Crippen LogP contribution in [-0.4, -0.2) is 23.3 Å². The Hall–Kier alpha value is -1.71. The summed E-state index contributed by atoms with van der Waals surface area (Å²) in [5, 5.41) is 18.1. The smallest absolute Gasteiger partial charge is 0.303 e. The number of methoxy groups -OCH3 is 1. The minimum Gasteiger partial charge on any atom is -0.508 e. The molecule has 0 spiro atoms. The highest BCUT2D eigenvalue weighted by atomic mass is 16.5. The van der Waals surface area contributed by atoms with E-state index < -0.39 is 5.97 Å². The molecule has 1 aromatic rings. The van der Waals surface area contributed by atoms with E-state index in [1.165, 1.54) is 7.11 Å². The number of ether oxygens (including phenoxy) is 1. The zero-order chi connectivity index (χ0) is 11.4. The van der Waals surface area contributed by atoms with E-state index in [0.29, 0.717) is 17.7 Å². The van der Waals surface area contributed by atoms with Gasteiger partial charge in [0.25, 0.3) is 0 Å². The van der Waals surface area contributed by atoms with Gasteiger partial charge in [-0.3, -0.25) is 4.79 Å². The Labute approximate surface area is 88.1 Å². The molecular weight excluding hydrogens is 196 g/mol. The summed E-state index contributed by atoms with van der Waals surface area (Å²) in [6, 6.07) is 3.32. The van der Waals surface area contributed by atoms with Crippen molar-refractivity contribution in [3.8, 4) is 11.5 Å². The molecule has 0 aliphatic carbocycles. The van der Waals surface area contributed by atoms with Crippen LogP contribution in [0.4, 0.5) is 0 Å². The number of benzene rings is 1. The van der Waals surface area contributed by atoms with Gasteiger partial charge in [-0.05, 0) is 31.0 Å². The first-order valence-electron chi connectivity index (χ1n) is 4.63. The lowest BCUT2D eigenvalue weighted by Crippen LogP contribution is -1.98. The number of aliphatic carboxylic acids is 1. The van der Waals surface area contributed by atoms with Crippen LogP contribution >= 0.6 is 0 Å².